The zero-order valence-corrected chi connectivity index (χ0v) is 21.5. The topological polar surface area (TPSA) is 93.7 Å². The van der Waals surface area contributed by atoms with Crippen molar-refractivity contribution >= 4 is 50.7 Å². The van der Waals surface area contributed by atoms with Crippen molar-refractivity contribution in [1.29, 1.82) is 0 Å². The molecule has 0 fully saturated rings. The van der Waals surface area contributed by atoms with Crippen LogP contribution in [0.5, 0.6) is 11.5 Å². The molecule has 0 aliphatic rings. The lowest BCUT2D eigenvalue weighted by Crippen LogP contribution is -2.22. The number of anilines is 2. The molecule has 2 N–H and O–H groups in total. The van der Waals surface area contributed by atoms with E-state index in [4.69, 9.17) is 21.1 Å². The highest BCUT2D eigenvalue weighted by molar-refractivity contribution is 8.00. The highest BCUT2D eigenvalue weighted by Gasteiger charge is 2.18. The summed E-state index contributed by atoms with van der Waals surface area (Å²) in [5.74, 6) is 0.973. The number of rotatable bonds is 9. The smallest absolute Gasteiger partial charge is 0.261 e. The Morgan fingerprint density at radius 3 is 2.29 bits per heavy atom. The molecular formula is C24H25ClN2O5S2. The van der Waals surface area contributed by atoms with Crippen LogP contribution in [-0.2, 0) is 14.8 Å². The summed E-state index contributed by atoms with van der Waals surface area (Å²) in [4.78, 5) is 13.6. The van der Waals surface area contributed by atoms with Crippen molar-refractivity contribution in [3.63, 3.8) is 0 Å². The summed E-state index contributed by atoms with van der Waals surface area (Å²) in [5.41, 5.74) is 1.64. The number of hydrogen-bond donors (Lipinski definition) is 2. The summed E-state index contributed by atoms with van der Waals surface area (Å²) in [6.07, 6.45) is 0. The fourth-order valence-electron chi connectivity index (χ4n) is 3.02. The molecule has 1 atom stereocenters. The van der Waals surface area contributed by atoms with E-state index in [9.17, 15) is 13.2 Å². The van der Waals surface area contributed by atoms with Crippen molar-refractivity contribution in [2.45, 2.75) is 28.9 Å². The second-order valence-corrected chi connectivity index (χ2v) is 10.9. The molecular weight excluding hydrogens is 496 g/mol. The van der Waals surface area contributed by atoms with Crippen molar-refractivity contribution < 1.29 is 22.7 Å². The fourth-order valence-corrected chi connectivity index (χ4v) is 5.21. The van der Waals surface area contributed by atoms with Crippen LogP contribution in [-0.4, -0.2) is 33.8 Å². The van der Waals surface area contributed by atoms with Gasteiger partial charge in [0.2, 0.25) is 5.91 Å². The molecule has 34 heavy (non-hydrogen) atoms. The van der Waals surface area contributed by atoms with Crippen molar-refractivity contribution in [2.75, 3.05) is 24.3 Å². The third-order valence-electron chi connectivity index (χ3n) is 4.91. The number of benzene rings is 3. The molecule has 0 aliphatic carbocycles. The predicted molar refractivity (Wildman–Crippen MR) is 137 cm³/mol. The van der Waals surface area contributed by atoms with E-state index in [0.29, 0.717) is 27.9 Å². The molecule has 180 valence electrons. The van der Waals surface area contributed by atoms with Crippen molar-refractivity contribution in [2.24, 2.45) is 0 Å². The summed E-state index contributed by atoms with van der Waals surface area (Å²) in [6.45, 7) is 3.57. The zero-order chi connectivity index (χ0) is 24.9. The largest absolute Gasteiger partial charge is 0.493 e. The zero-order valence-electron chi connectivity index (χ0n) is 19.1. The van der Waals surface area contributed by atoms with Gasteiger partial charge in [-0.1, -0.05) is 17.7 Å². The fraction of sp³-hybridized carbons (Fsp3) is 0.208. The maximum absolute atomic E-state index is 12.7. The van der Waals surface area contributed by atoms with E-state index in [1.807, 2.05) is 12.1 Å². The van der Waals surface area contributed by atoms with Crippen LogP contribution in [0.3, 0.4) is 0 Å². The molecule has 3 aromatic rings. The second kappa shape index (κ2) is 11.0. The van der Waals surface area contributed by atoms with Crippen LogP contribution in [0, 0.1) is 6.92 Å². The Bertz CT molecular complexity index is 1280. The van der Waals surface area contributed by atoms with Crippen LogP contribution in [0.15, 0.2) is 70.5 Å². The normalized spacial score (nSPS) is 12.0. The Labute approximate surface area is 208 Å². The lowest BCUT2D eigenvalue weighted by molar-refractivity contribution is -0.115. The van der Waals surface area contributed by atoms with E-state index in [-0.39, 0.29) is 10.8 Å². The average Bonchev–Trinajstić information content (AvgIpc) is 2.81. The van der Waals surface area contributed by atoms with E-state index < -0.39 is 15.3 Å². The Kier molecular flexibility index (Phi) is 8.35. The van der Waals surface area contributed by atoms with Gasteiger partial charge in [0.05, 0.1) is 30.1 Å². The van der Waals surface area contributed by atoms with E-state index in [0.717, 1.165) is 10.5 Å². The van der Waals surface area contributed by atoms with E-state index >= 15 is 0 Å². The number of carbonyl (C=O) groups excluding carboxylic acids is 1. The first-order valence-corrected chi connectivity index (χ1v) is 13.0. The summed E-state index contributed by atoms with van der Waals surface area (Å²) in [7, 11) is -0.700. The van der Waals surface area contributed by atoms with Crippen molar-refractivity contribution in [3.8, 4) is 11.5 Å². The monoisotopic (exact) mass is 520 g/mol. The molecule has 0 saturated heterocycles. The highest BCUT2D eigenvalue weighted by atomic mass is 35.5. The van der Waals surface area contributed by atoms with Crippen LogP contribution in [0.25, 0.3) is 0 Å². The summed E-state index contributed by atoms with van der Waals surface area (Å²) in [6, 6.07) is 16.4. The van der Waals surface area contributed by atoms with Gasteiger partial charge in [-0.25, -0.2) is 8.42 Å². The van der Waals surface area contributed by atoms with Gasteiger partial charge in [-0.15, -0.1) is 11.8 Å². The Hall–Kier alpha value is -2.88. The van der Waals surface area contributed by atoms with Gasteiger partial charge >= 0.3 is 0 Å². The van der Waals surface area contributed by atoms with Gasteiger partial charge in [-0.05, 0) is 74.0 Å². The molecule has 3 rings (SSSR count). The minimum Gasteiger partial charge on any atom is -0.493 e. The summed E-state index contributed by atoms with van der Waals surface area (Å²) < 4.78 is 38.6. The number of sulfonamides is 1. The first kappa shape index (κ1) is 25.7. The Morgan fingerprint density at radius 2 is 1.65 bits per heavy atom. The SMILES string of the molecule is COc1ccc(S[C@@H](C)C(=O)Nc2ccc(S(=O)(=O)Nc3cc(Cl)ccc3C)cc2)cc1OC. The van der Waals surface area contributed by atoms with Gasteiger partial charge < -0.3 is 14.8 Å². The van der Waals surface area contributed by atoms with Gasteiger partial charge in [-0.3, -0.25) is 9.52 Å². The molecule has 0 saturated carbocycles. The molecule has 0 aliphatic heterocycles. The molecule has 0 radical (unpaired) electrons. The number of carbonyl (C=O) groups is 1. The number of methoxy groups -OCH3 is 2. The number of thioether (sulfide) groups is 1. The Morgan fingerprint density at radius 1 is 0.971 bits per heavy atom. The molecule has 10 heteroatoms. The van der Waals surface area contributed by atoms with Crippen molar-refractivity contribution in [3.05, 3.63) is 71.2 Å². The minimum atomic E-state index is -3.81. The van der Waals surface area contributed by atoms with Gasteiger partial charge in [0, 0.05) is 15.6 Å². The maximum atomic E-state index is 12.7. The number of ether oxygens (including phenoxy) is 2. The number of amides is 1. The third kappa shape index (κ3) is 6.37. The summed E-state index contributed by atoms with van der Waals surface area (Å²) in [5, 5.41) is 2.83. The van der Waals surface area contributed by atoms with Crippen LogP contribution in [0.4, 0.5) is 11.4 Å². The van der Waals surface area contributed by atoms with E-state index in [1.165, 1.54) is 23.9 Å². The average molecular weight is 521 g/mol. The molecule has 0 spiro atoms. The molecule has 0 heterocycles. The molecule has 7 nitrogen and oxygen atoms in total. The van der Waals surface area contributed by atoms with Gasteiger partial charge in [-0.2, -0.15) is 0 Å². The minimum absolute atomic E-state index is 0.0672. The lowest BCUT2D eigenvalue weighted by Gasteiger charge is -2.14. The van der Waals surface area contributed by atoms with Crippen LogP contribution >= 0.6 is 23.4 Å². The van der Waals surface area contributed by atoms with Gasteiger partial charge in [0.1, 0.15) is 0 Å². The maximum Gasteiger partial charge on any atom is 0.261 e. The number of halogens is 1. The molecule has 1 amide bonds. The van der Waals surface area contributed by atoms with E-state index in [2.05, 4.69) is 10.0 Å². The molecule has 0 bridgehead atoms. The third-order valence-corrected chi connectivity index (χ3v) is 7.62. The lowest BCUT2D eigenvalue weighted by atomic mass is 10.2. The van der Waals surface area contributed by atoms with Crippen molar-refractivity contribution in [1.82, 2.24) is 0 Å². The summed E-state index contributed by atoms with van der Waals surface area (Å²) >= 11 is 7.34. The Balaban J connectivity index is 1.65. The number of hydrogen-bond acceptors (Lipinski definition) is 6. The molecule has 0 aromatic heterocycles. The van der Waals surface area contributed by atoms with Crippen LogP contribution in [0.1, 0.15) is 12.5 Å². The van der Waals surface area contributed by atoms with Crippen LogP contribution < -0.4 is 19.5 Å². The predicted octanol–water partition coefficient (Wildman–Crippen LogP) is 5.59. The molecule has 0 unspecified atom stereocenters. The quantitative estimate of drug-likeness (QED) is 0.357. The van der Waals surface area contributed by atoms with Gasteiger partial charge in [0.25, 0.3) is 10.0 Å². The number of aryl methyl sites for hydroxylation is 1. The molecule has 3 aromatic carbocycles. The standard InChI is InChI=1S/C24H25ClN2O5S2/c1-15-5-6-17(25)13-21(15)27-34(29,30)20-10-7-18(8-11-20)26-24(28)16(2)33-19-9-12-22(31-3)23(14-19)32-4/h5-14,16,27H,1-4H3,(H,26,28)/t16-/m0/s1. The first-order valence-electron chi connectivity index (χ1n) is 10.2. The highest BCUT2D eigenvalue weighted by Crippen LogP contribution is 2.34. The van der Waals surface area contributed by atoms with Gasteiger partial charge in [0.15, 0.2) is 11.5 Å². The number of nitrogens with one attached hydrogen (secondary N) is 2. The van der Waals surface area contributed by atoms with Crippen LogP contribution in [0.2, 0.25) is 5.02 Å². The second-order valence-electron chi connectivity index (χ2n) is 7.36. The first-order chi connectivity index (χ1) is 16.1. The van der Waals surface area contributed by atoms with E-state index in [1.54, 1.807) is 64.5 Å².